The van der Waals surface area contributed by atoms with Crippen molar-refractivity contribution in [1.82, 2.24) is 14.1 Å². The van der Waals surface area contributed by atoms with Gasteiger partial charge >= 0.3 is 11.7 Å². The molecule has 0 saturated carbocycles. The van der Waals surface area contributed by atoms with E-state index in [-0.39, 0.29) is 6.61 Å². The Bertz CT molecular complexity index is 1330. The zero-order valence-corrected chi connectivity index (χ0v) is 15.8. The first-order chi connectivity index (χ1) is 14.0. The van der Waals surface area contributed by atoms with E-state index >= 15 is 0 Å². The number of hydrogen-bond donors (Lipinski definition) is 0. The van der Waals surface area contributed by atoms with Crippen LogP contribution in [0.1, 0.15) is 16.1 Å². The maximum atomic E-state index is 12.9. The number of esters is 1. The summed E-state index contributed by atoms with van der Waals surface area (Å²) in [5, 5.41) is 0.630. The van der Waals surface area contributed by atoms with Crippen LogP contribution in [0.25, 0.3) is 22.4 Å². The number of carbonyl (C=O) groups excluding carboxylic acids is 1. The number of hydrogen-bond acceptors (Lipinski definition) is 6. The zero-order chi connectivity index (χ0) is 20.5. The molecule has 0 unspecified atom stereocenters. The van der Waals surface area contributed by atoms with Crippen LogP contribution >= 0.6 is 0 Å². The Balaban J connectivity index is 1.71. The molecule has 8 heteroatoms. The largest absolute Gasteiger partial charge is 0.463 e. The highest BCUT2D eigenvalue weighted by Crippen LogP contribution is 2.25. The Hall–Kier alpha value is -3.94. The van der Waals surface area contributed by atoms with Crippen molar-refractivity contribution in [3.8, 4) is 11.5 Å². The van der Waals surface area contributed by atoms with Gasteiger partial charge in [-0.1, -0.05) is 18.2 Å². The van der Waals surface area contributed by atoms with Crippen LogP contribution in [-0.4, -0.2) is 20.1 Å². The molecule has 1 aromatic carbocycles. The number of ether oxygens (including phenoxy) is 1. The van der Waals surface area contributed by atoms with Gasteiger partial charge in [-0.3, -0.25) is 13.9 Å². The number of furan rings is 1. The van der Waals surface area contributed by atoms with E-state index in [1.807, 2.05) is 6.07 Å². The summed E-state index contributed by atoms with van der Waals surface area (Å²) in [7, 11) is 2.90. The molecule has 3 heterocycles. The number of benzene rings is 1. The van der Waals surface area contributed by atoms with E-state index in [9.17, 15) is 14.4 Å². The second-order valence-corrected chi connectivity index (χ2v) is 6.50. The highest BCUT2D eigenvalue weighted by Gasteiger charge is 2.17. The van der Waals surface area contributed by atoms with Gasteiger partial charge in [0.1, 0.15) is 12.3 Å². The molecule has 0 N–H and O–H groups in total. The van der Waals surface area contributed by atoms with Crippen molar-refractivity contribution >= 4 is 16.9 Å². The maximum absolute atomic E-state index is 12.9. The number of pyridine rings is 1. The van der Waals surface area contributed by atoms with E-state index in [4.69, 9.17) is 9.15 Å². The van der Waals surface area contributed by atoms with Crippen molar-refractivity contribution < 1.29 is 13.9 Å². The Kier molecular flexibility index (Phi) is 4.59. The third kappa shape index (κ3) is 3.36. The van der Waals surface area contributed by atoms with Crippen molar-refractivity contribution in [3.63, 3.8) is 0 Å². The minimum absolute atomic E-state index is 0.215. The molecular weight excluding hydrogens is 374 g/mol. The Morgan fingerprint density at radius 1 is 1.07 bits per heavy atom. The lowest BCUT2D eigenvalue weighted by Gasteiger charge is -2.11. The molecule has 0 radical (unpaired) electrons. The highest BCUT2D eigenvalue weighted by molar-refractivity contribution is 6.04. The molecule has 0 amide bonds. The van der Waals surface area contributed by atoms with E-state index < -0.39 is 17.2 Å². The minimum atomic E-state index is -0.593. The Labute approximate surface area is 164 Å². The normalized spacial score (nSPS) is 11.0. The molecular formula is C21H17N3O5. The van der Waals surface area contributed by atoms with Gasteiger partial charge in [-0.2, -0.15) is 0 Å². The number of aromatic nitrogens is 3. The van der Waals surface area contributed by atoms with E-state index in [0.29, 0.717) is 33.6 Å². The quantitative estimate of drug-likeness (QED) is 0.495. The second-order valence-electron chi connectivity index (χ2n) is 6.50. The lowest BCUT2D eigenvalue weighted by molar-refractivity contribution is 0.0465. The van der Waals surface area contributed by atoms with Crippen LogP contribution in [-0.2, 0) is 25.4 Å². The fraction of sp³-hybridized carbons (Fsp3) is 0.143. The summed E-state index contributed by atoms with van der Waals surface area (Å²) in [5.41, 5.74) is 0.787. The fourth-order valence-electron chi connectivity index (χ4n) is 3.03. The summed E-state index contributed by atoms with van der Waals surface area (Å²) in [5.74, 6) is -0.0664. The van der Waals surface area contributed by atoms with Crippen molar-refractivity contribution in [2.75, 3.05) is 0 Å². The van der Waals surface area contributed by atoms with Crippen molar-refractivity contribution in [2.45, 2.75) is 6.61 Å². The summed E-state index contributed by atoms with van der Waals surface area (Å²) in [6.45, 7) is -0.215. The van der Waals surface area contributed by atoms with Crippen molar-refractivity contribution in [3.05, 3.63) is 86.9 Å². The van der Waals surface area contributed by atoms with Crippen LogP contribution in [0.5, 0.6) is 0 Å². The standard InChI is InChI=1S/C21H17N3O5/c1-23-13(10-19(25)24(2)21(23)27)12-29-20(26)15-11-17(18-8-5-9-28-18)22-16-7-4-3-6-14(15)16/h3-11H,12H2,1-2H3. The maximum Gasteiger partial charge on any atom is 0.339 e. The monoisotopic (exact) mass is 391 g/mol. The SMILES string of the molecule is Cn1c(COC(=O)c2cc(-c3ccco3)nc3ccccc23)cc(=O)n(C)c1=O. The van der Waals surface area contributed by atoms with E-state index in [1.54, 1.807) is 36.4 Å². The molecule has 4 aromatic rings. The minimum Gasteiger partial charge on any atom is -0.463 e. The molecule has 0 aliphatic heterocycles. The number of carbonyl (C=O) groups is 1. The van der Waals surface area contributed by atoms with Crippen molar-refractivity contribution in [2.24, 2.45) is 14.1 Å². The molecule has 0 bridgehead atoms. The van der Waals surface area contributed by atoms with Gasteiger partial charge in [0.25, 0.3) is 5.56 Å². The number of nitrogens with zero attached hydrogens (tertiary/aromatic N) is 3. The van der Waals surface area contributed by atoms with E-state index in [0.717, 1.165) is 4.57 Å². The Morgan fingerprint density at radius 3 is 2.62 bits per heavy atom. The molecule has 0 spiro atoms. The molecule has 0 aliphatic carbocycles. The summed E-state index contributed by atoms with van der Waals surface area (Å²) < 4.78 is 13.1. The van der Waals surface area contributed by atoms with E-state index in [1.165, 1.54) is 31.0 Å². The molecule has 3 aromatic heterocycles. The third-order valence-corrected chi connectivity index (χ3v) is 4.69. The number of fused-ring (bicyclic) bond motifs is 1. The van der Waals surface area contributed by atoms with Gasteiger partial charge in [0, 0.05) is 25.5 Å². The fourth-order valence-corrected chi connectivity index (χ4v) is 3.03. The predicted molar refractivity (Wildman–Crippen MR) is 105 cm³/mol. The summed E-state index contributed by atoms with van der Waals surface area (Å²) in [6.07, 6.45) is 1.53. The highest BCUT2D eigenvalue weighted by atomic mass is 16.5. The van der Waals surface area contributed by atoms with Crippen LogP contribution in [0.2, 0.25) is 0 Å². The average Bonchev–Trinajstić information content (AvgIpc) is 3.27. The van der Waals surface area contributed by atoms with Crippen molar-refractivity contribution in [1.29, 1.82) is 0 Å². The number of para-hydroxylation sites is 1. The lowest BCUT2D eigenvalue weighted by Crippen LogP contribution is -2.38. The van der Waals surface area contributed by atoms with Gasteiger partial charge < -0.3 is 9.15 Å². The van der Waals surface area contributed by atoms with Crippen LogP contribution in [0.4, 0.5) is 0 Å². The molecule has 4 rings (SSSR count). The van der Waals surface area contributed by atoms with Gasteiger partial charge in [-0.25, -0.2) is 14.6 Å². The molecule has 0 aliphatic rings. The molecule has 8 nitrogen and oxygen atoms in total. The van der Waals surface area contributed by atoms with Gasteiger partial charge in [0.15, 0.2) is 5.76 Å². The smallest absolute Gasteiger partial charge is 0.339 e. The van der Waals surface area contributed by atoms with Gasteiger partial charge in [-0.15, -0.1) is 0 Å². The predicted octanol–water partition coefficient (Wildman–Crippen LogP) is 2.25. The zero-order valence-electron chi connectivity index (χ0n) is 15.8. The topological polar surface area (TPSA) is 96.3 Å². The first kappa shape index (κ1) is 18.4. The first-order valence-corrected chi connectivity index (χ1v) is 8.82. The third-order valence-electron chi connectivity index (χ3n) is 4.69. The molecule has 0 fully saturated rings. The van der Waals surface area contributed by atoms with Crippen LogP contribution in [0.15, 0.2) is 68.8 Å². The van der Waals surface area contributed by atoms with Crippen LogP contribution in [0.3, 0.4) is 0 Å². The summed E-state index contributed by atoms with van der Waals surface area (Å²) in [4.78, 5) is 41.3. The molecule has 146 valence electrons. The molecule has 0 saturated heterocycles. The second kappa shape index (κ2) is 7.23. The average molecular weight is 391 g/mol. The lowest BCUT2D eigenvalue weighted by atomic mass is 10.1. The van der Waals surface area contributed by atoms with Crippen LogP contribution in [0, 0.1) is 0 Å². The van der Waals surface area contributed by atoms with Gasteiger partial charge in [-0.05, 0) is 24.3 Å². The summed E-state index contributed by atoms with van der Waals surface area (Å²) >= 11 is 0. The van der Waals surface area contributed by atoms with E-state index in [2.05, 4.69) is 4.98 Å². The first-order valence-electron chi connectivity index (χ1n) is 8.82. The van der Waals surface area contributed by atoms with Crippen LogP contribution < -0.4 is 11.2 Å². The molecule has 29 heavy (non-hydrogen) atoms. The van der Waals surface area contributed by atoms with Gasteiger partial charge in [0.2, 0.25) is 0 Å². The molecule has 0 atom stereocenters. The number of rotatable bonds is 4. The van der Waals surface area contributed by atoms with Gasteiger partial charge in [0.05, 0.1) is 23.0 Å². The Morgan fingerprint density at radius 2 is 1.86 bits per heavy atom. The summed E-state index contributed by atoms with van der Waals surface area (Å²) in [6, 6.07) is 13.6.